The molecule has 1 amide bonds. The van der Waals surface area contributed by atoms with E-state index < -0.39 is 5.54 Å². The highest BCUT2D eigenvalue weighted by Crippen LogP contribution is 2.18. The van der Waals surface area contributed by atoms with Crippen molar-refractivity contribution in [3.8, 4) is 0 Å². The number of hydrogen-bond acceptors (Lipinski definition) is 2. The topological polar surface area (TPSA) is 55.1 Å². The zero-order valence-corrected chi connectivity index (χ0v) is 11.9. The van der Waals surface area contributed by atoms with Gasteiger partial charge in [-0.05, 0) is 38.0 Å². The van der Waals surface area contributed by atoms with Gasteiger partial charge in [-0.25, -0.2) is 0 Å². The van der Waals surface area contributed by atoms with Crippen molar-refractivity contribution in [3.63, 3.8) is 0 Å². The van der Waals surface area contributed by atoms with E-state index in [1.165, 1.54) is 0 Å². The lowest BCUT2D eigenvalue weighted by Gasteiger charge is -2.25. The molecule has 3 N–H and O–H groups in total. The summed E-state index contributed by atoms with van der Waals surface area (Å²) in [5, 5.41) is 3.59. The monoisotopic (exact) mass is 268 g/mol. The van der Waals surface area contributed by atoms with Gasteiger partial charge in [-0.1, -0.05) is 37.1 Å². The van der Waals surface area contributed by atoms with Gasteiger partial charge in [0.1, 0.15) is 0 Å². The quantitative estimate of drug-likeness (QED) is 0.862. The van der Waals surface area contributed by atoms with Crippen LogP contribution in [-0.4, -0.2) is 11.4 Å². The van der Waals surface area contributed by atoms with E-state index in [1.807, 2.05) is 38.1 Å². The third-order valence-corrected chi connectivity index (χ3v) is 3.22. The average molecular weight is 269 g/mol. The predicted molar refractivity (Wildman–Crippen MR) is 75.5 cm³/mol. The van der Waals surface area contributed by atoms with Crippen LogP contribution in [0.15, 0.2) is 24.3 Å². The summed E-state index contributed by atoms with van der Waals surface area (Å²) < 4.78 is 0. The van der Waals surface area contributed by atoms with Crippen molar-refractivity contribution in [2.24, 2.45) is 5.73 Å². The fourth-order valence-electron chi connectivity index (χ4n) is 1.85. The maximum Gasteiger partial charge on any atom is 0.240 e. The van der Waals surface area contributed by atoms with Gasteiger partial charge >= 0.3 is 0 Å². The van der Waals surface area contributed by atoms with E-state index in [0.717, 1.165) is 12.0 Å². The Morgan fingerprint density at radius 3 is 2.78 bits per heavy atom. The number of hydrogen-bond donors (Lipinski definition) is 2. The molecular formula is C14H21ClN2O. The number of amides is 1. The molecule has 0 aromatic heterocycles. The van der Waals surface area contributed by atoms with E-state index in [-0.39, 0.29) is 11.9 Å². The highest BCUT2D eigenvalue weighted by atomic mass is 35.5. The van der Waals surface area contributed by atoms with Gasteiger partial charge < -0.3 is 11.1 Å². The van der Waals surface area contributed by atoms with E-state index in [9.17, 15) is 4.79 Å². The number of carbonyl (C=O) groups excluding carboxylic acids is 1. The highest BCUT2D eigenvalue weighted by molar-refractivity contribution is 6.30. The molecule has 2 atom stereocenters. The fourth-order valence-corrected chi connectivity index (χ4v) is 2.05. The van der Waals surface area contributed by atoms with Gasteiger partial charge in [-0.2, -0.15) is 0 Å². The van der Waals surface area contributed by atoms with E-state index >= 15 is 0 Å². The fraction of sp³-hybridized carbons (Fsp3) is 0.500. The Morgan fingerprint density at radius 1 is 1.56 bits per heavy atom. The van der Waals surface area contributed by atoms with E-state index in [2.05, 4.69) is 5.32 Å². The van der Waals surface area contributed by atoms with Crippen LogP contribution in [0.3, 0.4) is 0 Å². The second-order valence-corrected chi connectivity index (χ2v) is 5.35. The second-order valence-electron chi connectivity index (χ2n) is 4.92. The molecule has 1 aromatic carbocycles. The summed E-state index contributed by atoms with van der Waals surface area (Å²) in [4.78, 5) is 12.1. The molecule has 1 aromatic rings. The lowest BCUT2D eigenvalue weighted by atomic mass is 9.95. The van der Waals surface area contributed by atoms with Gasteiger partial charge in [-0.3, -0.25) is 4.79 Å². The second kappa shape index (κ2) is 6.21. The van der Waals surface area contributed by atoms with Gasteiger partial charge in [0, 0.05) is 5.02 Å². The van der Waals surface area contributed by atoms with Crippen molar-refractivity contribution in [3.05, 3.63) is 34.9 Å². The summed E-state index contributed by atoms with van der Waals surface area (Å²) >= 11 is 5.93. The molecular weight excluding hydrogens is 248 g/mol. The van der Waals surface area contributed by atoms with Gasteiger partial charge in [0.2, 0.25) is 5.91 Å². The first kappa shape index (κ1) is 15.0. The molecule has 0 heterocycles. The highest BCUT2D eigenvalue weighted by Gasteiger charge is 2.28. The molecule has 0 bridgehead atoms. The molecule has 0 fully saturated rings. The molecule has 0 aliphatic carbocycles. The Labute approximate surface area is 114 Å². The van der Waals surface area contributed by atoms with Crippen molar-refractivity contribution in [1.29, 1.82) is 0 Å². The minimum Gasteiger partial charge on any atom is -0.348 e. The van der Waals surface area contributed by atoms with Gasteiger partial charge in [0.05, 0.1) is 11.6 Å². The van der Waals surface area contributed by atoms with Crippen LogP contribution in [0.4, 0.5) is 0 Å². The molecule has 0 aliphatic heterocycles. The molecule has 4 heteroatoms. The summed E-state index contributed by atoms with van der Waals surface area (Å²) in [6, 6.07) is 7.36. The number of halogens is 1. The molecule has 0 spiro atoms. The maximum atomic E-state index is 12.1. The molecule has 3 nitrogen and oxygen atoms in total. The summed E-state index contributed by atoms with van der Waals surface area (Å²) in [7, 11) is 0. The Bertz CT molecular complexity index is 418. The largest absolute Gasteiger partial charge is 0.348 e. The smallest absolute Gasteiger partial charge is 0.240 e. The Morgan fingerprint density at radius 2 is 2.22 bits per heavy atom. The number of rotatable bonds is 5. The zero-order chi connectivity index (χ0) is 13.8. The van der Waals surface area contributed by atoms with Crippen molar-refractivity contribution in [2.75, 3.05) is 0 Å². The van der Waals surface area contributed by atoms with Gasteiger partial charge in [0.25, 0.3) is 0 Å². The summed E-state index contributed by atoms with van der Waals surface area (Å²) in [5.74, 6) is -0.128. The molecule has 18 heavy (non-hydrogen) atoms. The van der Waals surface area contributed by atoms with E-state index in [1.54, 1.807) is 6.92 Å². The normalized spacial score (nSPS) is 15.8. The third kappa shape index (κ3) is 4.00. The maximum absolute atomic E-state index is 12.1. The van der Waals surface area contributed by atoms with Crippen molar-refractivity contribution < 1.29 is 4.79 Å². The lowest BCUT2D eigenvalue weighted by Crippen LogP contribution is -2.52. The van der Waals surface area contributed by atoms with Crippen LogP contribution < -0.4 is 11.1 Å². The first-order valence-electron chi connectivity index (χ1n) is 6.22. The molecule has 1 unspecified atom stereocenters. The predicted octanol–water partition coefficient (Wildman–Crippen LogP) is 3.03. The number of nitrogens with two attached hydrogens (primary N) is 1. The van der Waals surface area contributed by atoms with Crippen LogP contribution in [-0.2, 0) is 4.79 Å². The van der Waals surface area contributed by atoms with Crippen molar-refractivity contribution in [1.82, 2.24) is 5.32 Å². The Hall–Kier alpha value is -1.06. The standard InChI is InChI=1S/C14H21ClN2O/c1-4-8-14(3,16)13(18)17-10(2)11-6-5-7-12(15)9-11/h5-7,9-10H,4,8,16H2,1-3H3,(H,17,18)/t10-,14?/m1/s1. The van der Waals surface area contributed by atoms with E-state index in [4.69, 9.17) is 17.3 Å². The average Bonchev–Trinajstić information content (AvgIpc) is 2.28. The van der Waals surface area contributed by atoms with Crippen molar-refractivity contribution in [2.45, 2.75) is 45.2 Å². The van der Waals surface area contributed by atoms with Crippen LogP contribution in [0, 0.1) is 0 Å². The molecule has 100 valence electrons. The van der Waals surface area contributed by atoms with E-state index in [0.29, 0.717) is 11.4 Å². The molecule has 1 rings (SSSR count). The number of nitrogens with one attached hydrogen (secondary N) is 1. The number of carbonyl (C=O) groups is 1. The molecule has 0 saturated carbocycles. The first-order chi connectivity index (χ1) is 8.36. The van der Waals surface area contributed by atoms with Gasteiger partial charge in [0.15, 0.2) is 0 Å². The van der Waals surface area contributed by atoms with Crippen LogP contribution in [0.2, 0.25) is 5.02 Å². The first-order valence-corrected chi connectivity index (χ1v) is 6.60. The summed E-state index contributed by atoms with van der Waals surface area (Å²) in [5.41, 5.74) is 6.15. The minimum atomic E-state index is -0.818. The third-order valence-electron chi connectivity index (χ3n) is 2.98. The van der Waals surface area contributed by atoms with Gasteiger partial charge in [-0.15, -0.1) is 0 Å². The zero-order valence-electron chi connectivity index (χ0n) is 11.2. The van der Waals surface area contributed by atoms with Crippen LogP contribution in [0.5, 0.6) is 0 Å². The minimum absolute atomic E-state index is 0.101. The summed E-state index contributed by atoms with van der Waals surface area (Å²) in [6.45, 7) is 5.70. The SMILES string of the molecule is CCCC(C)(N)C(=O)N[C@H](C)c1cccc(Cl)c1. The van der Waals surface area contributed by atoms with Crippen LogP contribution >= 0.6 is 11.6 Å². The lowest BCUT2D eigenvalue weighted by molar-refractivity contribution is -0.126. The number of benzene rings is 1. The van der Waals surface area contributed by atoms with Crippen molar-refractivity contribution >= 4 is 17.5 Å². The molecule has 0 saturated heterocycles. The Balaban J connectivity index is 2.70. The molecule has 0 aliphatic rings. The molecule has 0 radical (unpaired) electrons. The van der Waals surface area contributed by atoms with Crippen LogP contribution in [0.25, 0.3) is 0 Å². The Kier molecular flexibility index (Phi) is 5.17. The van der Waals surface area contributed by atoms with Crippen LogP contribution in [0.1, 0.15) is 45.2 Å². The summed E-state index contributed by atoms with van der Waals surface area (Å²) in [6.07, 6.45) is 1.55.